The van der Waals surface area contributed by atoms with Crippen molar-refractivity contribution in [2.75, 3.05) is 5.73 Å². The van der Waals surface area contributed by atoms with Crippen LogP contribution in [0.15, 0.2) is 18.2 Å². The van der Waals surface area contributed by atoms with E-state index in [4.69, 9.17) is 5.73 Å². The monoisotopic (exact) mass is 258 g/mol. The van der Waals surface area contributed by atoms with Crippen molar-refractivity contribution < 1.29 is 4.79 Å². The van der Waals surface area contributed by atoms with Crippen molar-refractivity contribution in [2.45, 2.75) is 27.3 Å². The largest absolute Gasteiger partial charge is 0.399 e. The predicted molar refractivity (Wildman–Crippen MR) is 74.8 cm³/mol. The average Bonchev–Trinajstić information content (AvgIpc) is 2.69. The number of carbonyl (C=O) groups excluding carboxylic acids is 1. The molecule has 0 atom stereocenters. The van der Waals surface area contributed by atoms with Crippen molar-refractivity contribution in [3.63, 3.8) is 0 Å². The number of amides is 1. The van der Waals surface area contributed by atoms with Gasteiger partial charge < -0.3 is 11.1 Å². The first kappa shape index (κ1) is 13.1. The van der Waals surface area contributed by atoms with E-state index in [1.807, 2.05) is 20.8 Å². The lowest BCUT2D eigenvalue weighted by atomic mass is 10.1. The van der Waals surface area contributed by atoms with Crippen LogP contribution < -0.4 is 11.1 Å². The van der Waals surface area contributed by atoms with E-state index in [9.17, 15) is 4.79 Å². The van der Waals surface area contributed by atoms with E-state index in [0.717, 1.165) is 22.5 Å². The number of nitrogens with zero attached hydrogens (tertiary/aromatic N) is 1. The fraction of sp³-hybridized carbons (Fsp3) is 0.286. The number of nitrogens with one attached hydrogen (secondary N) is 2. The molecule has 0 saturated carbocycles. The molecular weight excluding hydrogens is 240 g/mol. The topological polar surface area (TPSA) is 83.8 Å². The zero-order valence-electron chi connectivity index (χ0n) is 11.4. The zero-order chi connectivity index (χ0) is 14.0. The Balaban J connectivity index is 2.07. The Hall–Kier alpha value is -2.30. The summed E-state index contributed by atoms with van der Waals surface area (Å²) < 4.78 is 0. The number of aryl methyl sites for hydroxylation is 3. The number of anilines is 1. The number of nitrogen functional groups attached to an aromatic ring is 1. The third kappa shape index (κ3) is 2.76. The molecule has 1 amide bonds. The van der Waals surface area contributed by atoms with Crippen LogP contribution in [0.1, 0.15) is 32.9 Å². The molecule has 19 heavy (non-hydrogen) atoms. The minimum atomic E-state index is -0.108. The molecule has 4 N–H and O–H groups in total. The molecule has 0 bridgehead atoms. The quantitative estimate of drug-likeness (QED) is 0.734. The first-order valence-electron chi connectivity index (χ1n) is 6.14. The molecule has 0 aliphatic rings. The Morgan fingerprint density at radius 3 is 2.68 bits per heavy atom. The number of aromatic amines is 1. The van der Waals surface area contributed by atoms with E-state index in [0.29, 0.717) is 17.8 Å². The second kappa shape index (κ2) is 5.14. The van der Waals surface area contributed by atoms with Crippen LogP contribution in [0.3, 0.4) is 0 Å². The highest BCUT2D eigenvalue weighted by atomic mass is 16.1. The highest BCUT2D eigenvalue weighted by Crippen LogP contribution is 2.13. The molecular formula is C14H18N4O. The van der Waals surface area contributed by atoms with E-state index in [1.165, 1.54) is 0 Å². The van der Waals surface area contributed by atoms with E-state index >= 15 is 0 Å². The van der Waals surface area contributed by atoms with Gasteiger partial charge in [0.05, 0.1) is 5.69 Å². The number of carbonyl (C=O) groups is 1. The number of hydrogen-bond donors (Lipinski definition) is 3. The van der Waals surface area contributed by atoms with E-state index < -0.39 is 0 Å². The number of hydrogen-bond acceptors (Lipinski definition) is 3. The van der Waals surface area contributed by atoms with Crippen molar-refractivity contribution in [3.05, 3.63) is 46.3 Å². The van der Waals surface area contributed by atoms with Gasteiger partial charge in [-0.1, -0.05) is 0 Å². The Morgan fingerprint density at radius 2 is 2.11 bits per heavy atom. The fourth-order valence-corrected chi connectivity index (χ4v) is 1.92. The molecule has 2 aromatic rings. The standard InChI is InChI=1S/C14H18N4O/c1-8-6-11(4-5-13(8)15)14(19)16-7-12-9(2)17-18-10(12)3/h4-6H,7,15H2,1-3H3,(H,16,19)(H,17,18). The summed E-state index contributed by atoms with van der Waals surface area (Å²) in [6.07, 6.45) is 0. The van der Waals surface area contributed by atoms with Crippen LogP contribution in [-0.4, -0.2) is 16.1 Å². The molecule has 2 rings (SSSR count). The number of aromatic nitrogens is 2. The smallest absolute Gasteiger partial charge is 0.251 e. The normalized spacial score (nSPS) is 10.5. The van der Waals surface area contributed by atoms with Gasteiger partial charge in [0.25, 0.3) is 5.91 Å². The zero-order valence-corrected chi connectivity index (χ0v) is 11.4. The average molecular weight is 258 g/mol. The van der Waals surface area contributed by atoms with E-state index in [2.05, 4.69) is 15.5 Å². The number of H-pyrrole nitrogens is 1. The van der Waals surface area contributed by atoms with Crippen LogP contribution in [0.5, 0.6) is 0 Å². The van der Waals surface area contributed by atoms with Gasteiger partial charge in [-0.2, -0.15) is 5.10 Å². The van der Waals surface area contributed by atoms with Gasteiger partial charge in [0.2, 0.25) is 0 Å². The SMILES string of the molecule is Cc1cc(C(=O)NCc2c(C)n[nH]c2C)ccc1N. The van der Waals surface area contributed by atoms with E-state index in [1.54, 1.807) is 18.2 Å². The lowest BCUT2D eigenvalue weighted by Crippen LogP contribution is -2.23. The third-order valence-corrected chi connectivity index (χ3v) is 3.24. The van der Waals surface area contributed by atoms with Crippen molar-refractivity contribution in [1.29, 1.82) is 0 Å². The van der Waals surface area contributed by atoms with E-state index in [-0.39, 0.29) is 5.91 Å². The Morgan fingerprint density at radius 1 is 1.37 bits per heavy atom. The van der Waals surface area contributed by atoms with Gasteiger partial charge in [-0.25, -0.2) is 0 Å². The van der Waals surface area contributed by atoms with Crippen LogP contribution in [0.25, 0.3) is 0 Å². The summed E-state index contributed by atoms with van der Waals surface area (Å²) >= 11 is 0. The van der Waals surface area contributed by atoms with Crippen LogP contribution in [0.2, 0.25) is 0 Å². The Kier molecular flexibility index (Phi) is 3.55. The lowest BCUT2D eigenvalue weighted by molar-refractivity contribution is 0.0951. The summed E-state index contributed by atoms with van der Waals surface area (Å²) in [5.74, 6) is -0.108. The highest BCUT2D eigenvalue weighted by Gasteiger charge is 2.10. The molecule has 0 radical (unpaired) electrons. The molecule has 1 heterocycles. The van der Waals surface area contributed by atoms with Gasteiger partial charge in [-0.05, 0) is 44.5 Å². The minimum Gasteiger partial charge on any atom is -0.399 e. The molecule has 0 aliphatic carbocycles. The molecule has 1 aromatic carbocycles. The molecule has 1 aromatic heterocycles. The molecule has 0 spiro atoms. The van der Waals surface area contributed by atoms with Crippen molar-refractivity contribution >= 4 is 11.6 Å². The lowest BCUT2D eigenvalue weighted by Gasteiger charge is -2.07. The number of benzene rings is 1. The van der Waals surface area contributed by atoms with Gasteiger partial charge in [0, 0.05) is 29.1 Å². The Bertz CT molecular complexity index is 596. The Labute approximate surface area is 112 Å². The second-order valence-electron chi connectivity index (χ2n) is 4.67. The molecule has 0 unspecified atom stereocenters. The summed E-state index contributed by atoms with van der Waals surface area (Å²) in [4.78, 5) is 12.0. The van der Waals surface area contributed by atoms with Gasteiger partial charge in [-0.15, -0.1) is 0 Å². The molecule has 5 heteroatoms. The maximum Gasteiger partial charge on any atom is 0.251 e. The molecule has 0 aliphatic heterocycles. The van der Waals surface area contributed by atoms with Crippen molar-refractivity contribution in [3.8, 4) is 0 Å². The molecule has 100 valence electrons. The van der Waals surface area contributed by atoms with Gasteiger partial charge in [0.15, 0.2) is 0 Å². The fourth-order valence-electron chi connectivity index (χ4n) is 1.92. The summed E-state index contributed by atoms with van der Waals surface area (Å²) in [5.41, 5.74) is 10.9. The summed E-state index contributed by atoms with van der Waals surface area (Å²) in [6, 6.07) is 5.27. The first-order valence-corrected chi connectivity index (χ1v) is 6.14. The number of rotatable bonds is 3. The van der Waals surface area contributed by atoms with Crippen LogP contribution in [0.4, 0.5) is 5.69 Å². The first-order chi connectivity index (χ1) is 8.99. The molecule has 5 nitrogen and oxygen atoms in total. The predicted octanol–water partition coefficient (Wildman–Crippen LogP) is 1.85. The van der Waals surface area contributed by atoms with Gasteiger partial charge in [0.1, 0.15) is 0 Å². The van der Waals surface area contributed by atoms with Crippen LogP contribution in [-0.2, 0) is 6.54 Å². The van der Waals surface area contributed by atoms with Crippen LogP contribution in [0, 0.1) is 20.8 Å². The van der Waals surface area contributed by atoms with Crippen molar-refractivity contribution in [2.24, 2.45) is 0 Å². The number of nitrogens with two attached hydrogens (primary N) is 1. The maximum absolute atomic E-state index is 12.0. The van der Waals surface area contributed by atoms with Gasteiger partial charge >= 0.3 is 0 Å². The maximum atomic E-state index is 12.0. The van der Waals surface area contributed by atoms with Crippen molar-refractivity contribution in [1.82, 2.24) is 15.5 Å². The summed E-state index contributed by atoms with van der Waals surface area (Å²) in [5, 5.41) is 9.89. The second-order valence-corrected chi connectivity index (χ2v) is 4.67. The van der Waals surface area contributed by atoms with Crippen LogP contribution >= 0.6 is 0 Å². The summed E-state index contributed by atoms with van der Waals surface area (Å²) in [7, 11) is 0. The molecule has 0 fully saturated rings. The third-order valence-electron chi connectivity index (χ3n) is 3.24. The summed E-state index contributed by atoms with van der Waals surface area (Å²) in [6.45, 7) is 6.21. The highest BCUT2D eigenvalue weighted by molar-refractivity contribution is 5.94. The van der Waals surface area contributed by atoms with Gasteiger partial charge in [-0.3, -0.25) is 9.89 Å². The molecule has 0 saturated heterocycles. The minimum absolute atomic E-state index is 0.108.